The van der Waals surface area contributed by atoms with Crippen LogP contribution in [0.2, 0.25) is 0 Å². The zero-order valence-electron chi connectivity index (χ0n) is 23.1. The highest BCUT2D eigenvalue weighted by Crippen LogP contribution is 2.50. The maximum absolute atomic E-state index is 13.2. The number of pyridine rings is 1. The van der Waals surface area contributed by atoms with Gasteiger partial charge in [0.1, 0.15) is 6.04 Å². The molecular formula is C30H32F6N4O2. The van der Waals surface area contributed by atoms with Gasteiger partial charge in [-0.15, -0.1) is 0 Å². The summed E-state index contributed by atoms with van der Waals surface area (Å²) in [5.74, 6) is -0.0705. The Bertz CT molecular complexity index is 1320. The van der Waals surface area contributed by atoms with E-state index in [1.165, 1.54) is 0 Å². The molecule has 4 rings (SSSR count). The molecule has 3 aromatic rings. The standard InChI is InChI=1S/C30H32F6N4O2/c1-20(2)38-27(41)26-19-39(17-22-11-13-37-14-12-22)15-16-40(26)18-21-3-5-23(6-4-21)24-7-9-25(10-8-24)28(42,29(31,32)33)30(34,35)36/h3-14,20,26,42H,15-19H2,1-2H3,(H,38,41)/t26-/m0/s1. The van der Waals surface area contributed by atoms with Gasteiger partial charge in [-0.3, -0.25) is 19.6 Å². The van der Waals surface area contributed by atoms with Crippen LogP contribution in [0.3, 0.4) is 0 Å². The molecule has 1 saturated heterocycles. The largest absolute Gasteiger partial charge is 0.430 e. The third kappa shape index (κ3) is 6.93. The number of rotatable bonds is 8. The molecule has 1 atom stereocenters. The minimum Gasteiger partial charge on any atom is -0.369 e. The molecule has 12 heteroatoms. The van der Waals surface area contributed by atoms with Crippen molar-refractivity contribution in [1.29, 1.82) is 0 Å². The van der Waals surface area contributed by atoms with Crippen LogP contribution in [-0.4, -0.2) is 69.9 Å². The Balaban J connectivity index is 1.48. The van der Waals surface area contributed by atoms with E-state index in [0.29, 0.717) is 49.4 Å². The lowest BCUT2D eigenvalue weighted by molar-refractivity contribution is -0.376. The van der Waals surface area contributed by atoms with Gasteiger partial charge in [-0.2, -0.15) is 26.3 Å². The number of amides is 1. The van der Waals surface area contributed by atoms with Crippen molar-refractivity contribution in [3.05, 3.63) is 89.7 Å². The number of nitrogens with one attached hydrogen (secondary N) is 1. The Hall–Kier alpha value is -3.48. The number of hydrogen-bond donors (Lipinski definition) is 2. The molecule has 0 unspecified atom stereocenters. The Morgan fingerprint density at radius 1 is 0.857 bits per heavy atom. The van der Waals surface area contributed by atoms with Crippen LogP contribution in [0.5, 0.6) is 0 Å². The molecule has 1 amide bonds. The summed E-state index contributed by atoms with van der Waals surface area (Å²) >= 11 is 0. The monoisotopic (exact) mass is 594 g/mol. The molecule has 2 heterocycles. The number of aromatic nitrogens is 1. The van der Waals surface area contributed by atoms with Gasteiger partial charge in [0, 0.05) is 56.7 Å². The third-order valence-corrected chi connectivity index (χ3v) is 7.26. The smallest absolute Gasteiger partial charge is 0.369 e. The normalized spacial score (nSPS) is 17.4. The minimum atomic E-state index is -5.94. The zero-order valence-corrected chi connectivity index (χ0v) is 23.1. The van der Waals surface area contributed by atoms with Crippen LogP contribution >= 0.6 is 0 Å². The molecule has 0 spiro atoms. The van der Waals surface area contributed by atoms with E-state index in [1.807, 2.05) is 38.1 Å². The van der Waals surface area contributed by atoms with Gasteiger partial charge < -0.3 is 10.4 Å². The van der Waals surface area contributed by atoms with E-state index >= 15 is 0 Å². The number of hydrogen-bond acceptors (Lipinski definition) is 5. The van der Waals surface area contributed by atoms with E-state index in [-0.39, 0.29) is 11.9 Å². The molecule has 1 aliphatic heterocycles. The molecule has 0 bridgehead atoms. The van der Waals surface area contributed by atoms with Crippen LogP contribution in [-0.2, 0) is 23.5 Å². The second-order valence-electron chi connectivity index (χ2n) is 10.7. The molecule has 2 aromatic carbocycles. The van der Waals surface area contributed by atoms with Crippen molar-refractivity contribution in [2.45, 2.75) is 57.0 Å². The maximum atomic E-state index is 13.2. The number of carbonyl (C=O) groups excluding carboxylic acids is 1. The number of carbonyl (C=O) groups is 1. The van der Waals surface area contributed by atoms with Crippen molar-refractivity contribution in [1.82, 2.24) is 20.1 Å². The van der Waals surface area contributed by atoms with Gasteiger partial charge in [-0.05, 0) is 48.2 Å². The summed E-state index contributed by atoms with van der Waals surface area (Å²) in [6.45, 7) is 6.90. The van der Waals surface area contributed by atoms with Crippen molar-refractivity contribution in [3.8, 4) is 11.1 Å². The summed E-state index contributed by atoms with van der Waals surface area (Å²) in [6.07, 6.45) is -8.42. The van der Waals surface area contributed by atoms with E-state index in [2.05, 4.69) is 20.1 Å². The van der Waals surface area contributed by atoms with Crippen molar-refractivity contribution in [3.63, 3.8) is 0 Å². The third-order valence-electron chi connectivity index (χ3n) is 7.26. The van der Waals surface area contributed by atoms with Crippen LogP contribution in [0.4, 0.5) is 26.3 Å². The molecular weight excluding hydrogens is 562 g/mol. The topological polar surface area (TPSA) is 68.7 Å². The van der Waals surface area contributed by atoms with E-state index in [4.69, 9.17) is 0 Å². The fraction of sp³-hybridized carbons (Fsp3) is 0.400. The highest BCUT2D eigenvalue weighted by atomic mass is 19.4. The predicted molar refractivity (Wildman–Crippen MR) is 145 cm³/mol. The summed E-state index contributed by atoms with van der Waals surface area (Å²) in [5, 5.41) is 12.6. The summed E-state index contributed by atoms with van der Waals surface area (Å²) < 4.78 is 79.2. The van der Waals surface area contributed by atoms with E-state index in [1.54, 1.807) is 24.5 Å². The second kappa shape index (κ2) is 12.4. The molecule has 1 aromatic heterocycles. The fourth-order valence-corrected chi connectivity index (χ4v) is 5.01. The quantitative estimate of drug-likeness (QED) is 0.348. The van der Waals surface area contributed by atoms with Gasteiger partial charge in [0.15, 0.2) is 0 Å². The molecule has 1 fully saturated rings. The van der Waals surface area contributed by atoms with Crippen molar-refractivity contribution in [2.75, 3.05) is 19.6 Å². The Labute approximate surface area is 240 Å². The lowest BCUT2D eigenvalue weighted by Crippen LogP contribution is -2.59. The molecule has 42 heavy (non-hydrogen) atoms. The fourth-order valence-electron chi connectivity index (χ4n) is 5.01. The maximum Gasteiger partial charge on any atom is 0.430 e. The van der Waals surface area contributed by atoms with Crippen LogP contribution in [0.1, 0.15) is 30.5 Å². The Morgan fingerprint density at radius 3 is 1.90 bits per heavy atom. The van der Waals surface area contributed by atoms with Gasteiger partial charge in [-0.25, -0.2) is 0 Å². The number of halogens is 6. The van der Waals surface area contributed by atoms with Crippen LogP contribution in [0.25, 0.3) is 11.1 Å². The second-order valence-corrected chi connectivity index (χ2v) is 10.7. The van der Waals surface area contributed by atoms with Crippen LogP contribution < -0.4 is 5.32 Å². The average Bonchev–Trinajstić information content (AvgIpc) is 2.93. The molecule has 226 valence electrons. The Kier molecular flexibility index (Phi) is 9.29. The van der Waals surface area contributed by atoms with Gasteiger partial charge in [0.05, 0.1) is 0 Å². The summed E-state index contributed by atoms with van der Waals surface area (Å²) in [4.78, 5) is 21.5. The number of aliphatic hydroxyl groups is 1. The Morgan fingerprint density at radius 2 is 1.38 bits per heavy atom. The molecule has 0 saturated carbocycles. The lowest BCUT2D eigenvalue weighted by Gasteiger charge is -2.41. The van der Waals surface area contributed by atoms with Crippen molar-refractivity contribution >= 4 is 5.91 Å². The van der Waals surface area contributed by atoms with E-state index in [9.17, 15) is 36.2 Å². The first-order valence-electron chi connectivity index (χ1n) is 13.4. The molecule has 6 nitrogen and oxygen atoms in total. The average molecular weight is 595 g/mol. The summed E-state index contributed by atoms with van der Waals surface area (Å²) in [7, 11) is 0. The SMILES string of the molecule is CC(C)NC(=O)[C@@H]1CN(Cc2ccncc2)CCN1Cc1ccc(-c2ccc(C(O)(C(F)(F)F)C(F)(F)F)cc2)cc1. The molecule has 1 aliphatic rings. The molecule has 0 aliphatic carbocycles. The minimum absolute atomic E-state index is 0.0242. The number of piperazine rings is 1. The number of alkyl halides is 6. The highest BCUT2D eigenvalue weighted by Gasteiger charge is 2.71. The number of nitrogens with zero attached hydrogens (tertiary/aromatic N) is 3. The highest BCUT2D eigenvalue weighted by molar-refractivity contribution is 5.82. The first kappa shape index (κ1) is 31.5. The van der Waals surface area contributed by atoms with Gasteiger partial charge in [0.2, 0.25) is 5.91 Å². The lowest BCUT2D eigenvalue weighted by atomic mass is 9.90. The van der Waals surface area contributed by atoms with Crippen molar-refractivity contribution in [2.24, 2.45) is 0 Å². The molecule has 2 N–H and O–H groups in total. The van der Waals surface area contributed by atoms with Crippen LogP contribution in [0, 0.1) is 0 Å². The van der Waals surface area contributed by atoms with Crippen LogP contribution in [0.15, 0.2) is 73.1 Å². The predicted octanol–water partition coefficient (Wildman–Crippen LogP) is 5.27. The molecule has 0 radical (unpaired) electrons. The van der Waals surface area contributed by atoms with E-state index in [0.717, 1.165) is 29.8 Å². The van der Waals surface area contributed by atoms with Crippen molar-refractivity contribution < 1.29 is 36.2 Å². The summed E-state index contributed by atoms with van der Waals surface area (Å²) in [6, 6.07) is 14.0. The van der Waals surface area contributed by atoms with Gasteiger partial charge in [0.25, 0.3) is 5.60 Å². The zero-order chi connectivity index (χ0) is 30.7. The first-order valence-corrected chi connectivity index (χ1v) is 13.4. The summed E-state index contributed by atoms with van der Waals surface area (Å²) in [5.41, 5.74) is -3.32. The first-order chi connectivity index (χ1) is 19.7. The van der Waals surface area contributed by atoms with Gasteiger partial charge >= 0.3 is 12.4 Å². The van der Waals surface area contributed by atoms with Gasteiger partial charge in [-0.1, -0.05) is 48.5 Å². The number of benzene rings is 2. The van der Waals surface area contributed by atoms with E-state index < -0.39 is 29.6 Å².